The standard InChI is InChI=1S/C42H36N4O5S/c1-5-51-41(48)37-27(4)43-42-45(39(37)31-18-16-28(17-19-31)26(2)3)40(47)36(52-42)25-32-24-35(29-12-8-6-9-13-29)44(38(32)30-14-10-7-11-15-30)33-20-22-34(23-21-33)46(49)50/h6-26,39H,5H2,1-4H3/b36-25-/t39-/m1/s1. The van der Waals surface area contributed by atoms with Crippen LogP contribution in [0.4, 0.5) is 5.69 Å². The third-order valence-corrected chi connectivity index (χ3v) is 10.2. The van der Waals surface area contributed by atoms with Crippen molar-refractivity contribution in [3.05, 3.63) is 173 Å². The number of benzene rings is 4. The summed E-state index contributed by atoms with van der Waals surface area (Å²) in [5.74, 6) is -0.189. The highest BCUT2D eigenvalue weighted by molar-refractivity contribution is 7.07. The Morgan fingerprint density at radius 3 is 2.17 bits per heavy atom. The van der Waals surface area contributed by atoms with E-state index in [0.717, 1.165) is 44.9 Å². The molecule has 0 unspecified atom stereocenters. The van der Waals surface area contributed by atoms with Crippen LogP contribution in [0.15, 0.2) is 136 Å². The van der Waals surface area contributed by atoms with E-state index in [1.807, 2.05) is 97.1 Å². The molecule has 1 aliphatic rings. The second-order valence-corrected chi connectivity index (χ2v) is 13.8. The van der Waals surface area contributed by atoms with Crippen molar-refractivity contribution >= 4 is 29.1 Å². The molecule has 0 saturated carbocycles. The molecule has 3 heterocycles. The van der Waals surface area contributed by atoms with Crippen LogP contribution in [0.1, 0.15) is 56.3 Å². The molecule has 7 rings (SSSR count). The van der Waals surface area contributed by atoms with E-state index < -0.39 is 16.9 Å². The maximum Gasteiger partial charge on any atom is 0.338 e. The number of nitro benzene ring substituents is 1. The molecular weight excluding hydrogens is 673 g/mol. The second kappa shape index (κ2) is 14.2. The van der Waals surface area contributed by atoms with Crippen LogP contribution in [-0.2, 0) is 9.53 Å². The minimum atomic E-state index is -0.725. The van der Waals surface area contributed by atoms with Crippen LogP contribution >= 0.6 is 11.3 Å². The quantitative estimate of drug-likeness (QED) is 0.0861. The summed E-state index contributed by atoms with van der Waals surface area (Å²) in [6.07, 6.45) is 1.88. The summed E-state index contributed by atoms with van der Waals surface area (Å²) in [5.41, 5.74) is 7.46. The lowest BCUT2D eigenvalue weighted by atomic mass is 9.93. The van der Waals surface area contributed by atoms with Crippen LogP contribution in [0.2, 0.25) is 0 Å². The van der Waals surface area contributed by atoms with Gasteiger partial charge in [0.1, 0.15) is 0 Å². The second-order valence-electron chi connectivity index (χ2n) is 12.8. The summed E-state index contributed by atoms with van der Waals surface area (Å²) >= 11 is 1.27. The summed E-state index contributed by atoms with van der Waals surface area (Å²) in [5, 5.41) is 11.5. The number of allylic oxidation sites excluding steroid dienone is 1. The van der Waals surface area contributed by atoms with Gasteiger partial charge in [0.05, 0.1) is 44.8 Å². The Labute approximate surface area is 304 Å². The minimum Gasteiger partial charge on any atom is -0.463 e. The van der Waals surface area contributed by atoms with Crippen LogP contribution < -0.4 is 14.9 Å². The fourth-order valence-electron chi connectivity index (χ4n) is 6.66. The molecule has 1 aliphatic heterocycles. The number of fused-ring (bicyclic) bond motifs is 1. The predicted molar refractivity (Wildman–Crippen MR) is 204 cm³/mol. The van der Waals surface area contributed by atoms with Gasteiger partial charge in [-0.05, 0) is 66.3 Å². The fourth-order valence-corrected chi connectivity index (χ4v) is 7.69. The Morgan fingerprint density at radius 1 is 0.942 bits per heavy atom. The Hall–Kier alpha value is -6.13. The van der Waals surface area contributed by atoms with Crippen molar-refractivity contribution in [3.63, 3.8) is 0 Å². The highest BCUT2D eigenvalue weighted by Gasteiger charge is 2.33. The average Bonchev–Trinajstić information content (AvgIpc) is 3.68. The number of nitrogens with zero attached hydrogens (tertiary/aromatic N) is 4. The highest BCUT2D eigenvalue weighted by atomic mass is 32.1. The van der Waals surface area contributed by atoms with Gasteiger partial charge in [-0.2, -0.15) is 0 Å². The molecule has 0 radical (unpaired) electrons. The molecule has 260 valence electrons. The van der Waals surface area contributed by atoms with Crippen molar-refractivity contribution in [1.82, 2.24) is 9.13 Å². The maximum atomic E-state index is 14.6. The third kappa shape index (κ3) is 6.33. The molecule has 0 fully saturated rings. The van der Waals surface area contributed by atoms with Crippen LogP contribution in [0.5, 0.6) is 0 Å². The molecule has 9 nitrogen and oxygen atoms in total. The lowest BCUT2D eigenvalue weighted by molar-refractivity contribution is -0.384. The van der Waals surface area contributed by atoms with Gasteiger partial charge in [-0.25, -0.2) is 9.79 Å². The number of carbonyl (C=O) groups excluding carboxylic acids is 1. The van der Waals surface area contributed by atoms with Crippen molar-refractivity contribution in [2.24, 2.45) is 4.99 Å². The highest BCUT2D eigenvalue weighted by Crippen LogP contribution is 2.37. The number of rotatable bonds is 9. The van der Waals surface area contributed by atoms with Crippen LogP contribution in [0.3, 0.4) is 0 Å². The summed E-state index contributed by atoms with van der Waals surface area (Å²) in [6, 6.07) is 35.5. The number of aromatic nitrogens is 2. The number of esters is 1. The van der Waals surface area contributed by atoms with Gasteiger partial charge >= 0.3 is 5.97 Å². The van der Waals surface area contributed by atoms with Gasteiger partial charge in [-0.15, -0.1) is 0 Å². The molecule has 10 heteroatoms. The molecule has 0 aliphatic carbocycles. The first kappa shape index (κ1) is 34.3. The summed E-state index contributed by atoms with van der Waals surface area (Å²) in [4.78, 5) is 44.5. The van der Waals surface area contributed by atoms with Crippen molar-refractivity contribution in [1.29, 1.82) is 0 Å². The van der Waals surface area contributed by atoms with Gasteiger partial charge in [0, 0.05) is 23.4 Å². The SMILES string of the molecule is CCOC(=O)C1=C(C)N=c2s/c(=C\c3cc(-c4ccccc4)n(-c4ccc([N+](=O)[O-])cc4)c3-c3ccccc3)c(=O)n2[C@@H]1c1ccc(C(C)C)cc1. The number of carbonyl (C=O) groups is 1. The number of nitro groups is 1. The molecule has 0 N–H and O–H groups in total. The van der Waals surface area contributed by atoms with Crippen molar-refractivity contribution in [2.75, 3.05) is 6.61 Å². The van der Waals surface area contributed by atoms with Crippen molar-refractivity contribution in [3.8, 4) is 28.2 Å². The molecule has 52 heavy (non-hydrogen) atoms. The van der Waals surface area contributed by atoms with Gasteiger partial charge < -0.3 is 9.30 Å². The van der Waals surface area contributed by atoms with E-state index in [4.69, 9.17) is 9.73 Å². The minimum absolute atomic E-state index is 0.00866. The lowest BCUT2D eigenvalue weighted by Crippen LogP contribution is -2.39. The number of ether oxygens (including phenoxy) is 1. The normalized spacial score (nSPS) is 14.3. The van der Waals surface area contributed by atoms with Crippen molar-refractivity contribution < 1.29 is 14.5 Å². The molecule has 2 aromatic heterocycles. The number of hydrogen-bond acceptors (Lipinski definition) is 7. The number of thiazole rings is 1. The predicted octanol–water partition coefficient (Wildman–Crippen LogP) is 7.95. The van der Waals surface area contributed by atoms with E-state index in [2.05, 4.69) is 18.4 Å². The third-order valence-electron chi connectivity index (χ3n) is 9.19. The van der Waals surface area contributed by atoms with Gasteiger partial charge in [0.25, 0.3) is 11.2 Å². The smallest absolute Gasteiger partial charge is 0.338 e. The molecule has 6 aromatic rings. The lowest BCUT2D eigenvalue weighted by Gasteiger charge is -2.25. The molecule has 0 spiro atoms. The van der Waals surface area contributed by atoms with Gasteiger partial charge in [-0.1, -0.05) is 110 Å². The maximum absolute atomic E-state index is 14.6. The van der Waals surface area contributed by atoms with Crippen LogP contribution in [-0.4, -0.2) is 26.6 Å². The van der Waals surface area contributed by atoms with Gasteiger partial charge in [0.15, 0.2) is 4.80 Å². The van der Waals surface area contributed by atoms with E-state index in [1.54, 1.807) is 30.5 Å². The first-order chi connectivity index (χ1) is 25.2. The van der Waals surface area contributed by atoms with Crippen LogP contribution in [0, 0.1) is 10.1 Å². The molecule has 4 aromatic carbocycles. The molecule has 1 atom stereocenters. The Bertz CT molecular complexity index is 2510. The molecule has 0 bridgehead atoms. The zero-order valence-electron chi connectivity index (χ0n) is 29.1. The topological polar surface area (TPSA) is 109 Å². The number of non-ortho nitro benzene ring substituents is 1. The van der Waals surface area contributed by atoms with E-state index in [9.17, 15) is 19.7 Å². The van der Waals surface area contributed by atoms with E-state index in [0.29, 0.717) is 26.5 Å². The summed E-state index contributed by atoms with van der Waals surface area (Å²) < 4.78 is 9.61. The van der Waals surface area contributed by atoms with Crippen LogP contribution in [0.25, 0.3) is 34.3 Å². The zero-order chi connectivity index (χ0) is 36.5. The van der Waals surface area contributed by atoms with E-state index >= 15 is 0 Å². The molecule has 0 saturated heterocycles. The first-order valence-corrected chi connectivity index (χ1v) is 17.9. The van der Waals surface area contributed by atoms with Crippen molar-refractivity contribution in [2.45, 2.75) is 39.7 Å². The van der Waals surface area contributed by atoms with Gasteiger partial charge in [-0.3, -0.25) is 19.5 Å². The number of hydrogen-bond donors (Lipinski definition) is 0. The Morgan fingerprint density at radius 2 is 1.58 bits per heavy atom. The van der Waals surface area contributed by atoms with E-state index in [1.165, 1.54) is 23.5 Å². The summed E-state index contributed by atoms with van der Waals surface area (Å²) in [7, 11) is 0. The first-order valence-electron chi connectivity index (χ1n) is 17.1. The Kier molecular flexibility index (Phi) is 9.40. The largest absolute Gasteiger partial charge is 0.463 e. The fraction of sp³-hybridized carbons (Fsp3) is 0.167. The van der Waals surface area contributed by atoms with Gasteiger partial charge in [0.2, 0.25) is 0 Å². The monoisotopic (exact) mass is 708 g/mol. The molecule has 0 amide bonds. The average molecular weight is 709 g/mol. The van der Waals surface area contributed by atoms with E-state index in [-0.39, 0.29) is 17.9 Å². The Balaban J connectivity index is 1.49. The summed E-state index contributed by atoms with van der Waals surface area (Å²) in [6.45, 7) is 7.97. The zero-order valence-corrected chi connectivity index (χ0v) is 30.0. The molecular formula is C42H36N4O5S.